The van der Waals surface area contributed by atoms with E-state index < -0.39 is 10.9 Å². The molecule has 0 bridgehead atoms. The van der Waals surface area contributed by atoms with E-state index in [4.69, 9.17) is 28.6 Å². The van der Waals surface area contributed by atoms with Gasteiger partial charge >= 0.3 is 5.97 Å². The van der Waals surface area contributed by atoms with E-state index in [0.29, 0.717) is 22.2 Å². The predicted molar refractivity (Wildman–Crippen MR) is 115 cm³/mol. The van der Waals surface area contributed by atoms with E-state index in [-0.39, 0.29) is 15.8 Å². The Kier molecular flexibility index (Phi) is 6.17. The van der Waals surface area contributed by atoms with Crippen LogP contribution in [0.3, 0.4) is 0 Å². The van der Waals surface area contributed by atoms with Gasteiger partial charge in [0.2, 0.25) is 0 Å². The fourth-order valence-electron chi connectivity index (χ4n) is 3.13. The molecule has 0 saturated carbocycles. The molecule has 1 heterocycles. The van der Waals surface area contributed by atoms with E-state index in [9.17, 15) is 14.9 Å². The third-order valence-electron chi connectivity index (χ3n) is 4.54. The number of nitro benzene ring substituents is 1. The molecule has 0 spiro atoms. The number of carbonyl (C=O) groups is 1. The summed E-state index contributed by atoms with van der Waals surface area (Å²) in [5.41, 5.74) is 1.86. The van der Waals surface area contributed by atoms with Crippen LogP contribution in [-0.4, -0.2) is 23.1 Å². The minimum absolute atomic E-state index is 0.109. The summed E-state index contributed by atoms with van der Waals surface area (Å²) in [4.78, 5) is 23.8. The second-order valence-electron chi connectivity index (χ2n) is 6.55. The lowest BCUT2D eigenvalue weighted by Gasteiger charge is -2.18. The highest BCUT2D eigenvalue weighted by Crippen LogP contribution is 2.40. The van der Waals surface area contributed by atoms with Crippen LogP contribution in [0.5, 0.6) is 0 Å². The summed E-state index contributed by atoms with van der Waals surface area (Å²) in [6.45, 7) is 2.19. The number of nitro groups is 1. The zero-order valence-electron chi connectivity index (χ0n) is 15.2. The molecular weight excluding hydrogens is 422 g/mol. The molecule has 1 atom stereocenters. The number of rotatable bonds is 4. The van der Waals surface area contributed by atoms with Crippen molar-refractivity contribution in [2.24, 2.45) is 5.92 Å². The topological polar surface area (TPSA) is 93.5 Å². The molecule has 28 heavy (non-hydrogen) atoms. The number of ether oxygens (including phenoxy) is 1. The lowest BCUT2D eigenvalue weighted by molar-refractivity contribution is -0.384. The van der Waals surface area contributed by atoms with E-state index in [1.165, 1.54) is 36.6 Å². The molecule has 1 aromatic carbocycles. The standard InChI is InChI=1S/C18H18ClN3O4S2/c1-9-3-5-11-14(7-9)28-16(15(11)17(23)26-2)21-18(27)20-13-6-4-10(22(24)25)8-12(13)19/h4,6,8-9H,3,5,7H2,1-2H3,(H2,20,21,27). The zero-order chi connectivity index (χ0) is 20.4. The maximum atomic E-state index is 12.3. The highest BCUT2D eigenvalue weighted by molar-refractivity contribution is 7.80. The van der Waals surface area contributed by atoms with Crippen molar-refractivity contribution in [3.8, 4) is 0 Å². The Morgan fingerprint density at radius 2 is 2.18 bits per heavy atom. The number of thiocarbonyl (C=S) groups is 1. The van der Waals surface area contributed by atoms with Gasteiger partial charge in [-0.2, -0.15) is 0 Å². The van der Waals surface area contributed by atoms with Gasteiger partial charge in [-0.1, -0.05) is 18.5 Å². The number of thiophene rings is 1. The summed E-state index contributed by atoms with van der Waals surface area (Å²) >= 11 is 12.9. The quantitative estimate of drug-likeness (QED) is 0.298. The highest BCUT2D eigenvalue weighted by atomic mass is 35.5. The second kappa shape index (κ2) is 8.42. The molecule has 7 nitrogen and oxygen atoms in total. The number of esters is 1. The first kappa shape index (κ1) is 20.5. The van der Waals surface area contributed by atoms with Gasteiger partial charge in [-0.15, -0.1) is 11.3 Å². The Hall–Kier alpha value is -2.23. The van der Waals surface area contributed by atoms with E-state index in [1.54, 1.807) is 0 Å². The van der Waals surface area contributed by atoms with Crippen molar-refractivity contribution in [1.29, 1.82) is 0 Å². The number of carbonyl (C=O) groups excluding carboxylic acids is 1. The minimum Gasteiger partial charge on any atom is -0.465 e. The SMILES string of the molecule is COC(=O)c1c(NC(=S)Nc2ccc([N+](=O)[O-])cc2Cl)sc2c1CCC(C)C2. The highest BCUT2D eigenvalue weighted by Gasteiger charge is 2.28. The number of nitrogens with zero attached hydrogens (tertiary/aromatic N) is 1. The first-order chi connectivity index (χ1) is 13.3. The summed E-state index contributed by atoms with van der Waals surface area (Å²) in [5, 5.41) is 17.8. The molecule has 2 N–H and O–H groups in total. The average molecular weight is 440 g/mol. The molecule has 0 saturated heterocycles. The maximum absolute atomic E-state index is 12.3. The summed E-state index contributed by atoms with van der Waals surface area (Å²) in [6, 6.07) is 4.07. The third-order valence-corrected chi connectivity index (χ3v) is 6.23. The van der Waals surface area contributed by atoms with E-state index in [2.05, 4.69) is 17.6 Å². The van der Waals surface area contributed by atoms with Gasteiger partial charge in [0.15, 0.2) is 5.11 Å². The van der Waals surface area contributed by atoms with Crippen molar-refractivity contribution in [2.75, 3.05) is 17.7 Å². The first-order valence-corrected chi connectivity index (χ1v) is 10.1. The predicted octanol–water partition coefficient (Wildman–Crippen LogP) is 5.03. The molecule has 1 aromatic heterocycles. The summed E-state index contributed by atoms with van der Waals surface area (Å²) in [5.74, 6) is 0.166. The zero-order valence-corrected chi connectivity index (χ0v) is 17.6. The van der Waals surface area contributed by atoms with Crippen LogP contribution >= 0.6 is 35.2 Å². The van der Waals surface area contributed by atoms with Crippen LogP contribution in [0.25, 0.3) is 0 Å². The Bertz CT molecular complexity index is 961. The van der Waals surface area contributed by atoms with Crippen LogP contribution in [0.1, 0.15) is 34.1 Å². The molecule has 10 heteroatoms. The third kappa shape index (κ3) is 4.26. The molecule has 2 aromatic rings. The minimum atomic E-state index is -0.522. The molecule has 148 valence electrons. The Morgan fingerprint density at radius 3 is 2.82 bits per heavy atom. The largest absolute Gasteiger partial charge is 0.465 e. The molecule has 0 radical (unpaired) electrons. The lowest BCUT2D eigenvalue weighted by Crippen LogP contribution is -2.20. The maximum Gasteiger partial charge on any atom is 0.341 e. The van der Waals surface area contributed by atoms with Crippen molar-refractivity contribution in [1.82, 2.24) is 0 Å². The van der Waals surface area contributed by atoms with Gasteiger partial charge in [0.05, 0.1) is 28.3 Å². The normalized spacial score (nSPS) is 15.5. The fraction of sp³-hybridized carbons (Fsp3) is 0.333. The first-order valence-electron chi connectivity index (χ1n) is 8.55. The van der Waals surface area contributed by atoms with Gasteiger partial charge < -0.3 is 15.4 Å². The van der Waals surface area contributed by atoms with Gasteiger partial charge in [-0.05, 0) is 49.0 Å². The van der Waals surface area contributed by atoms with Gasteiger partial charge in [-0.3, -0.25) is 10.1 Å². The summed E-state index contributed by atoms with van der Waals surface area (Å²) in [7, 11) is 1.36. The lowest BCUT2D eigenvalue weighted by atomic mass is 9.88. The number of methoxy groups -OCH3 is 1. The van der Waals surface area contributed by atoms with E-state index in [1.807, 2.05) is 0 Å². The van der Waals surface area contributed by atoms with Gasteiger partial charge in [0, 0.05) is 17.0 Å². The molecule has 0 amide bonds. The number of hydrogen-bond acceptors (Lipinski definition) is 6. The Labute approximate surface area is 176 Å². The number of non-ortho nitro benzene ring substituents is 1. The van der Waals surface area contributed by atoms with Gasteiger partial charge in [-0.25, -0.2) is 4.79 Å². The van der Waals surface area contributed by atoms with Crippen molar-refractivity contribution < 1.29 is 14.5 Å². The summed E-state index contributed by atoms with van der Waals surface area (Å²) < 4.78 is 4.96. The molecule has 0 fully saturated rings. The van der Waals surface area contributed by atoms with Crippen molar-refractivity contribution >= 4 is 62.6 Å². The number of benzene rings is 1. The Morgan fingerprint density at radius 1 is 1.43 bits per heavy atom. The molecule has 3 rings (SSSR count). The van der Waals surface area contributed by atoms with Crippen LogP contribution < -0.4 is 10.6 Å². The second-order valence-corrected chi connectivity index (χ2v) is 8.47. The number of nitrogens with one attached hydrogen (secondary N) is 2. The molecule has 0 aliphatic heterocycles. The van der Waals surface area contributed by atoms with Gasteiger partial charge in [0.1, 0.15) is 5.00 Å². The van der Waals surface area contributed by atoms with Crippen molar-refractivity contribution in [2.45, 2.75) is 26.2 Å². The smallest absolute Gasteiger partial charge is 0.341 e. The van der Waals surface area contributed by atoms with Gasteiger partial charge in [0.25, 0.3) is 5.69 Å². The number of anilines is 2. The van der Waals surface area contributed by atoms with Crippen LogP contribution in [0.2, 0.25) is 5.02 Å². The number of fused-ring (bicyclic) bond motifs is 1. The fourth-order valence-corrected chi connectivity index (χ4v) is 5.03. The molecule has 1 aliphatic carbocycles. The molecular formula is C18H18ClN3O4S2. The average Bonchev–Trinajstić information content (AvgIpc) is 2.99. The van der Waals surface area contributed by atoms with Crippen LogP contribution in [-0.2, 0) is 17.6 Å². The van der Waals surface area contributed by atoms with E-state index >= 15 is 0 Å². The molecule has 1 aliphatic rings. The number of halogens is 1. The number of hydrogen-bond donors (Lipinski definition) is 2. The van der Waals surface area contributed by atoms with Crippen molar-refractivity contribution in [3.63, 3.8) is 0 Å². The van der Waals surface area contributed by atoms with Crippen LogP contribution in [0, 0.1) is 16.0 Å². The summed E-state index contributed by atoms with van der Waals surface area (Å²) in [6.07, 6.45) is 2.77. The Balaban J connectivity index is 1.82. The van der Waals surface area contributed by atoms with Crippen molar-refractivity contribution in [3.05, 3.63) is 49.3 Å². The van der Waals surface area contributed by atoms with E-state index in [0.717, 1.165) is 29.7 Å². The molecule has 1 unspecified atom stereocenters. The van der Waals surface area contributed by atoms with Crippen LogP contribution in [0.4, 0.5) is 16.4 Å². The monoisotopic (exact) mass is 439 g/mol. The van der Waals surface area contributed by atoms with Crippen LogP contribution in [0.15, 0.2) is 18.2 Å².